The number of nitrogens with two attached hydrogens (primary N) is 1. The zero-order valence-electron chi connectivity index (χ0n) is 18.7. The Kier molecular flexibility index (Phi) is 5.23. The van der Waals surface area contributed by atoms with Crippen molar-refractivity contribution in [3.8, 4) is 16.9 Å². The lowest BCUT2D eigenvalue weighted by Gasteiger charge is -2.13. The van der Waals surface area contributed by atoms with Gasteiger partial charge in [0.1, 0.15) is 30.1 Å². The molecule has 6 nitrogen and oxygen atoms in total. The van der Waals surface area contributed by atoms with Crippen molar-refractivity contribution in [1.82, 2.24) is 19.9 Å². The molecule has 2 unspecified atom stereocenters. The first-order chi connectivity index (χ1) is 16.2. The van der Waals surface area contributed by atoms with Crippen molar-refractivity contribution >= 4 is 16.9 Å². The van der Waals surface area contributed by atoms with E-state index in [1.165, 1.54) is 25.9 Å². The van der Waals surface area contributed by atoms with Crippen LogP contribution < -0.4 is 15.8 Å². The molecule has 2 aromatic carbocycles. The van der Waals surface area contributed by atoms with Gasteiger partial charge in [0.15, 0.2) is 0 Å². The number of fused-ring (bicyclic) bond motifs is 2. The molecule has 0 radical (unpaired) electrons. The van der Waals surface area contributed by atoms with Crippen LogP contribution >= 0.6 is 0 Å². The number of nitrogen functional groups attached to an aromatic ring is 1. The maximum Gasteiger partial charge on any atom is 0.146 e. The van der Waals surface area contributed by atoms with Gasteiger partial charge in [0.2, 0.25) is 0 Å². The Labute approximate surface area is 193 Å². The summed E-state index contributed by atoms with van der Waals surface area (Å²) in [6, 6.07) is 18.4. The molecule has 2 atom stereocenters. The van der Waals surface area contributed by atoms with Crippen molar-refractivity contribution in [3.63, 3.8) is 0 Å². The smallest absolute Gasteiger partial charge is 0.146 e. The van der Waals surface area contributed by atoms with Gasteiger partial charge >= 0.3 is 0 Å². The highest BCUT2D eigenvalue weighted by Gasteiger charge is 2.37. The highest BCUT2D eigenvalue weighted by Crippen LogP contribution is 2.41. The van der Waals surface area contributed by atoms with E-state index in [4.69, 9.17) is 10.5 Å². The summed E-state index contributed by atoms with van der Waals surface area (Å²) in [5, 5.41) is 4.47. The van der Waals surface area contributed by atoms with Crippen LogP contribution in [0.3, 0.4) is 0 Å². The van der Waals surface area contributed by atoms with Gasteiger partial charge in [0.05, 0.1) is 5.39 Å². The van der Waals surface area contributed by atoms with Crippen molar-refractivity contribution < 1.29 is 4.74 Å². The summed E-state index contributed by atoms with van der Waals surface area (Å²) in [7, 11) is 0. The number of benzene rings is 2. The lowest BCUT2D eigenvalue weighted by Crippen LogP contribution is -2.14. The van der Waals surface area contributed by atoms with Crippen LogP contribution in [0.5, 0.6) is 5.75 Å². The summed E-state index contributed by atoms with van der Waals surface area (Å²) >= 11 is 0. The minimum absolute atomic E-state index is 0.525. The molecular formula is C27H29N5O. The minimum atomic E-state index is 0.525. The number of nitrogens with one attached hydrogen (secondary N) is 1. The largest absolute Gasteiger partial charge is 0.489 e. The number of ether oxygens (including phenoxy) is 1. The fraction of sp³-hybridized carbons (Fsp3) is 0.333. The SMILES string of the molecule is Nc1ncnc2c1c(-c1cccc(OCc3ccccc3)c1)cn2CC1CC2CNCC2C1. The van der Waals surface area contributed by atoms with Crippen molar-refractivity contribution in [3.05, 3.63) is 72.7 Å². The second kappa shape index (κ2) is 8.52. The summed E-state index contributed by atoms with van der Waals surface area (Å²) in [6.07, 6.45) is 6.36. The van der Waals surface area contributed by atoms with Gasteiger partial charge in [-0.2, -0.15) is 0 Å². The summed E-state index contributed by atoms with van der Waals surface area (Å²) < 4.78 is 8.37. The Bertz CT molecular complexity index is 1260. The van der Waals surface area contributed by atoms with Gasteiger partial charge in [-0.25, -0.2) is 9.97 Å². The van der Waals surface area contributed by atoms with E-state index in [1.807, 2.05) is 30.3 Å². The lowest BCUT2D eigenvalue weighted by atomic mass is 10.0. The van der Waals surface area contributed by atoms with Gasteiger partial charge in [-0.15, -0.1) is 0 Å². The summed E-state index contributed by atoms with van der Waals surface area (Å²) in [5.74, 6) is 3.70. The van der Waals surface area contributed by atoms with E-state index < -0.39 is 0 Å². The van der Waals surface area contributed by atoms with Gasteiger partial charge in [-0.05, 0) is 66.9 Å². The van der Waals surface area contributed by atoms with Crippen LogP contribution in [0, 0.1) is 17.8 Å². The summed E-state index contributed by atoms with van der Waals surface area (Å²) in [6.45, 7) is 3.85. The van der Waals surface area contributed by atoms with E-state index in [9.17, 15) is 0 Å². The summed E-state index contributed by atoms with van der Waals surface area (Å²) in [5.41, 5.74) is 10.6. The van der Waals surface area contributed by atoms with Gasteiger partial charge in [-0.1, -0.05) is 42.5 Å². The van der Waals surface area contributed by atoms with Gasteiger partial charge in [0.25, 0.3) is 0 Å². The third-order valence-corrected chi connectivity index (χ3v) is 7.28. The molecule has 0 amide bonds. The van der Waals surface area contributed by atoms with Crippen LogP contribution in [-0.2, 0) is 13.2 Å². The molecule has 1 aliphatic heterocycles. The lowest BCUT2D eigenvalue weighted by molar-refractivity contribution is 0.306. The number of aromatic nitrogens is 3. The van der Waals surface area contributed by atoms with Crippen LogP contribution in [0.15, 0.2) is 67.1 Å². The third-order valence-electron chi connectivity index (χ3n) is 7.28. The quantitative estimate of drug-likeness (QED) is 0.462. The molecule has 3 N–H and O–H groups in total. The van der Waals surface area contributed by atoms with Gasteiger partial charge in [0, 0.05) is 18.3 Å². The first-order valence-electron chi connectivity index (χ1n) is 11.8. The van der Waals surface area contributed by atoms with Crippen LogP contribution in [0.1, 0.15) is 18.4 Å². The Hall–Kier alpha value is -3.38. The predicted octanol–water partition coefficient (Wildman–Crippen LogP) is 4.51. The Morgan fingerprint density at radius 3 is 2.64 bits per heavy atom. The monoisotopic (exact) mass is 439 g/mol. The maximum absolute atomic E-state index is 6.36. The van der Waals surface area contributed by atoms with Gasteiger partial charge in [-0.3, -0.25) is 0 Å². The van der Waals surface area contributed by atoms with Crippen molar-refractivity contribution in [2.24, 2.45) is 17.8 Å². The van der Waals surface area contributed by atoms with Crippen molar-refractivity contribution in [2.75, 3.05) is 18.8 Å². The van der Waals surface area contributed by atoms with Crippen molar-refractivity contribution in [2.45, 2.75) is 26.0 Å². The highest BCUT2D eigenvalue weighted by molar-refractivity contribution is 6.00. The molecule has 1 saturated heterocycles. The van der Waals surface area contributed by atoms with Crippen molar-refractivity contribution in [1.29, 1.82) is 0 Å². The zero-order valence-corrected chi connectivity index (χ0v) is 18.7. The maximum atomic E-state index is 6.36. The van der Waals surface area contributed by atoms with E-state index in [1.54, 1.807) is 6.33 Å². The molecule has 0 spiro atoms. The number of nitrogens with zero attached hydrogens (tertiary/aromatic N) is 3. The standard InChI is InChI=1S/C27H29N5O/c28-26-25-24(20-7-4-8-23(11-20)33-16-18-5-2-1-3-6-18)15-32(27(25)31-17-30-26)14-19-9-21-12-29-13-22(21)10-19/h1-8,11,15,17,19,21-22,29H,9-10,12-14,16H2,(H2,28,30,31). The molecular weight excluding hydrogens is 410 g/mol. The van der Waals surface area contributed by atoms with Crippen LogP contribution in [0.25, 0.3) is 22.2 Å². The molecule has 2 aromatic heterocycles. The molecule has 6 rings (SSSR count). The van der Waals surface area contributed by atoms with Crippen LogP contribution in [0.4, 0.5) is 5.82 Å². The summed E-state index contributed by atoms with van der Waals surface area (Å²) in [4.78, 5) is 8.93. The van der Waals surface area contributed by atoms with E-state index in [0.29, 0.717) is 18.3 Å². The van der Waals surface area contributed by atoms with Crippen LogP contribution in [-0.4, -0.2) is 27.6 Å². The molecule has 33 heavy (non-hydrogen) atoms. The molecule has 4 aromatic rings. The Morgan fingerprint density at radius 2 is 1.82 bits per heavy atom. The minimum Gasteiger partial charge on any atom is -0.489 e. The molecule has 0 bridgehead atoms. The fourth-order valence-electron chi connectivity index (χ4n) is 5.72. The average molecular weight is 440 g/mol. The zero-order chi connectivity index (χ0) is 22.2. The first-order valence-corrected chi connectivity index (χ1v) is 11.8. The third kappa shape index (κ3) is 3.95. The normalized spacial score (nSPS) is 22.0. The Balaban J connectivity index is 1.30. The van der Waals surface area contributed by atoms with E-state index in [2.05, 4.69) is 50.3 Å². The first kappa shape index (κ1) is 20.2. The molecule has 1 saturated carbocycles. The molecule has 6 heteroatoms. The predicted molar refractivity (Wildman–Crippen MR) is 131 cm³/mol. The Morgan fingerprint density at radius 1 is 1.00 bits per heavy atom. The molecule has 2 fully saturated rings. The molecule has 168 valence electrons. The number of rotatable bonds is 6. The molecule has 2 aliphatic rings. The topological polar surface area (TPSA) is 78.0 Å². The number of hydrogen-bond donors (Lipinski definition) is 2. The van der Waals surface area contributed by atoms with Crippen LogP contribution in [0.2, 0.25) is 0 Å². The van der Waals surface area contributed by atoms with E-state index in [0.717, 1.165) is 51.9 Å². The second-order valence-corrected chi connectivity index (χ2v) is 9.47. The number of hydrogen-bond acceptors (Lipinski definition) is 5. The average Bonchev–Trinajstić information content (AvgIpc) is 3.53. The van der Waals surface area contributed by atoms with Gasteiger partial charge < -0.3 is 20.4 Å². The fourth-order valence-corrected chi connectivity index (χ4v) is 5.72. The van der Waals surface area contributed by atoms with E-state index >= 15 is 0 Å². The molecule has 1 aliphatic carbocycles. The molecule has 3 heterocycles. The second-order valence-electron chi connectivity index (χ2n) is 9.47. The highest BCUT2D eigenvalue weighted by atomic mass is 16.5. The van der Waals surface area contributed by atoms with E-state index in [-0.39, 0.29) is 0 Å². The number of anilines is 1.